The average Bonchev–Trinajstić information content (AvgIpc) is 2.60. The Morgan fingerprint density at radius 1 is 1.16 bits per heavy atom. The van der Waals surface area contributed by atoms with Crippen LogP contribution in [0.4, 0.5) is 11.5 Å². The number of hydrogen-bond donors (Lipinski definition) is 2. The molecule has 1 saturated heterocycles. The van der Waals surface area contributed by atoms with Gasteiger partial charge in [0.05, 0.1) is 23.6 Å². The van der Waals surface area contributed by atoms with Crippen molar-refractivity contribution in [1.29, 1.82) is 0 Å². The summed E-state index contributed by atoms with van der Waals surface area (Å²) in [4.78, 5) is 7.30. The van der Waals surface area contributed by atoms with Gasteiger partial charge >= 0.3 is 0 Å². The normalized spacial score (nSPS) is 30.3. The molecule has 0 amide bonds. The highest BCUT2D eigenvalue weighted by atomic mass is 16.5. The Hall–Kier alpha value is -1.33. The van der Waals surface area contributed by atoms with Crippen molar-refractivity contribution in [2.75, 3.05) is 29.9 Å². The molecule has 0 bridgehead atoms. The van der Waals surface area contributed by atoms with Crippen molar-refractivity contribution in [3.63, 3.8) is 0 Å². The van der Waals surface area contributed by atoms with Gasteiger partial charge in [-0.05, 0) is 64.0 Å². The second kappa shape index (κ2) is 8.37. The minimum absolute atomic E-state index is 0.256. The Labute approximate surface area is 152 Å². The van der Waals surface area contributed by atoms with Gasteiger partial charge in [0.15, 0.2) is 0 Å². The fraction of sp³-hybridized carbons (Fsp3) is 0.750. The molecule has 1 saturated carbocycles. The summed E-state index contributed by atoms with van der Waals surface area (Å²) in [5.74, 6) is 1.82. The number of aromatic nitrogens is 1. The molecule has 0 radical (unpaired) electrons. The molecule has 1 aliphatic carbocycles. The monoisotopic (exact) mass is 346 g/mol. The van der Waals surface area contributed by atoms with Crippen molar-refractivity contribution in [1.82, 2.24) is 4.98 Å². The number of pyridine rings is 1. The molecular formula is C20H34N4O. The van der Waals surface area contributed by atoms with Gasteiger partial charge in [-0.25, -0.2) is 4.98 Å². The quantitative estimate of drug-likeness (QED) is 0.857. The van der Waals surface area contributed by atoms with Crippen molar-refractivity contribution in [2.24, 2.45) is 11.7 Å². The summed E-state index contributed by atoms with van der Waals surface area (Å²) in [5.41, 5.74) is 8.37. The molecule has 5 heteroatoms. The number of anilines is 2. The lowest BCUT2D eigenvalue weighted by atomic mass is 9.86. The number of rotatable bonds is 5. The summed E-state index contributed by atoms with van der Waals surface area (Å²) in [6, 6.07) is 4.78. The van der Waals surface area contributed by atoms with E-state index in [4.69, 9.17) is 15.5 Å². The Morgan fingerprint density at radius 3 is 2.48 bits per heavy atom. The number of hydrogen-bond acceptors (Lipinski definition) is 5. The number of aryl methyl sites for hydroxylation is 1. The van der Waals surface area contributed by atoms with Crippen LogP contribution in [-0.4, -0.2) is 42.9 Å². The third kappa shape index (κ3) is 4.85. The summed E-state index contributed by atoms with van der Waals surface area (Å²) in [6.07, 6.45) is 6.27. The third-order valence-corrected chi connectivity index (χ3v) is 5.51. The van der Waals surface area contributed by atoms with E-state index in [9.17, 15) is 0 Å². The molecule has 25 heavy (non-hydrogen) atoms. The van der Waals surface area contributed by atoms with Crippen molar-refractivity contribution in [2.45, 2.75) is 71.1 Å². The Balaban J connectivity index is 1.63. The molecule has 3 rings (SSSR count). The van der Waals surface area contributed by atoms with Crippen LogP contribution in [0.3, 0.4) is 0 Å². The SMILES string of the molecule is CCc1nc(N2C[C@@H](C)O[C@@H](C)C2)ccc1NCC1CCC(N)CC1. The summed E-state index contributed by atoms with van der Waals surface area (Å²) < 4.78 is 5.84. The maximum atomic E-state index is 6.01. The van der Waals surface area contributed by atoms with Crippen LogP contribution in [0.15, 0.2) is 12.1 Å². The highest BCUT2D eigenvalue weighted by Crippen LogP contribution is 2.26. The van der Waals surface area contributed by atoms with E-state index in [1.165, 1.54) is 18.5 Å². The van der Waals surface area contributed by atoms with Crippen LogP contribution < -0.4 is 16.0 Å². The average molecular weight is 347 g/mol. The molecule has 140 valence electrons. The van der Waals surface area contributed by atoms with Gasteiger partial charge in [0.1, 0.15) is 5.82 Å². The van der Waals surface area contributed by atoms with E-state index in [0.29, 0.717) is 6.04 Å². The molecule has 1 aromatic rings. The number of nitrogens with zero attached hydrogens (tertiary/aromatic N) is 2. The van der Waals surface area contributed by atoms with Crippen LogP contribution in [0.5, 0.6) is 0 Å². The predicted molar refractivity (Wildman–Crippen MR) is 104 cm³/mol. The Bertz CT molecular complexity index is 547. The highest BCUT2D eigenvalue weighted by Gasteiger charge is 2.24. The summed E-state index contributed by atoms with van der Waals surface area (Å²) in [5, 5.41) is 3.65. The van der Waals surface area contributed by atoms with Crippen molar-refractivity contribution >= 4 is 11.5 Å². The lowest BCUT2D eigenvalue weighted by molar-refractivity contribution is -0.00546. The van der Waals surface area contributed by atoms with E-state index in [-0.39, 0.29) is 12.2 Å². The van der Waals surface area contributed by atoms with Crippen LogP contribution in [0, 0.1) is 5.92 Å². The predicted octanol–water partition coefficient (Wildman–Crippen LogP) is 3.19. The maximum absolute atomic E-state index is 6.01. The van der Waals surface area contributed by atoms with Gasteiger partial charge in [-0.15, -0.1) is 0 Å². The van der Waals surface area contributed by atoms with Gasteiger partial charge < -0.3 is 20.7 Å². The van der Waals surface area contributed by atoms with Crippen LogP contribution in [-0.2, 0) is 11.2 Å². The molecule has 5 nitrogen and oxygen atoms in total. The first kappa shape index (κ1) is 18.5. The van der Waals surface area contributed by atoms with Gasteiger partial charge in [0.25, 0.3) is 0 Å². The van der Waals surface area contributed by atoms with Crippen molar-refractivity contribution in [3.05, 3.63) is 17.8 Å². The lowest BCUT2D eigenvalue weighted by Gasteiger charge is -2.36. The molecule has 2 aliphatic rings. The summed E-state index contributed by atoms with van der Waals surface area (Å²) in [7, 11) is 0. The fourth-order valence-corrected chi connectivity index (χ4v) is 4.11. The topological polar surface area (TPSA) is 63.4 Å². The van der Waals surface area contributed by atoms with E-state index in [2.05, 4.69) is 43.1 Å². The third-order valence-electron chi connectivity index (χ3n) is 5.51. The van der Waals surface area contributed by atoms with Crippen molar-refractivity contribution in [3.8, 4) is 0 Å². The fourth-order valence-electron chi connectivity index (χ4n) is 4.11. The van der Waals surface area contributed by atoms with E-state index in [0.717, 1.165) is 56.3 Å². The number of nitrogens with two attached hydrogens (primary N) is 1. The van der Waals surface area contributed by atoms with Crippen LogP contribution in [0.2, 0.25) is 0 Å². The van der Waals surface area contributed by atoms with Gasteiger partial charge in [-0.1, -0.05) is 6.92 Å². The van der Waals surface area contributed by atoms with Gasteiger partial charge in [-0.3, -0.25) is 0 Å². The van der Waals surface area contributed by atoms with Crippen LogP contribution in [0.1, 0.15) is 52.1 Å². The van der Waals surface area contributed by atoms with E-state index >= 15 is 0 Å². The van der Waals surface area contributed by atoms with Gasteiger partial charge in [-0.2, -0.15) is 0 Å². The second-order valence-corrected chi connectivity index (χ2v) is 7.84. The summed E-state index contributed by atoms with van der Waals surface area (Å²) in [6.45, 7) is 9.31. The smallest absolute Gasteiger partial charge is 0.129 e. The summed E-state index contributed by atoms with van der Waals surface area (Å²) >= 11 is 0. The molecule has 2 atom stereocenters. The standard InChI is InChI=1S/C20H34N4O/c1-4-18-19(22-11-16-5-7-17(21)8-6-16)9-10-20(23-18)24-12-14(2)25-15(3)13-24/h9-10,14-17,22H,4-8,11-13,21H2,1-3H3/t14-,15+,16?,17?. The lowest BCUT2D eigenvalue weighted by Crippen LogP contribution is -2.45. The molecule has 2 heterocycles. The second-order valence-electron chi connectivity index (χ2n) is 7.84. The zero-order valence-corrected chi connectivity index (χ0v) is 16.0. The maximum Gasteiger partial charge on any atom is 0.129 e. The van der Waals surface area contributed by atoms with Crippen LogP contribution in [0.25, 0.3) is 0 Å². The molecule has 2 fully saturated rings. The van der Waals surface area contributed by atoms with Crippen LogP contribution >= 0.6 is 0 Å². The van der Waals surface area contributed by atoms with Gasteiger partial charge in [0, 0.05) is 25.7 Å². The number of morpholine rings is 1. The molecule has 0 unspecified atom stereocenters. The Kier molecular flexibility index (Phi) is 6.18. The minimum atomic E-state index is 0.256. The first-order chi connectivity index (χ1) is 12.0. The molecule has 0 aromatic carbocycles. The minimum Gasteiger partial charge on any atom is -0.383 e. The van der Waals surface area contributed by atoms with Crippen molar-refractivity contribution < 1.29 is 4.74 Å². The first-order valence-electron chi connectivity index (χ1n) is 9.95. The van der Waals surface area contributed by atoms with E-state index in [1.54, 1.807) is 0 Å². The largest absolute Gasteiger partial charge is 0.383 e. The molecular weight excluding hydrogens is 312 g/mol. The molecule has 0 spiro atoms. The van der Waals surface area contributed by atoms with E-state index < -0.39 is 0 Å². The number of ether oxygens (including phenoxy) is 1. The molecule has 1 aliphatic heterocycles. The zero-order valence-electron chi connectivity index (χ0n) is 16.0. The number of nitrogens with one attached hydrogen (secondary N) is 1. The molecule has 1 aromatic heterocycles. The molecule has 3 N–H and O–H groups in total. The van der Waals surface area contributed by atoms with E-state index in [1.807, 2.05) is 0 Å². The first-order valence-corrected chi connectivity index (χ1v) is 9.95. The van der Waals surface area contributed by atoms with Gasteiger partial charge in [0.2, 0.25) is 0 Å². The Morgan fingerprint density at radius 2 is 1.84 bits per heavy atom. The highest BCUT2D eigenvalue weighted by molar-refractivity contribution is 5.54. The zero-order chi connectivity index (χ0) is 17.8.